The van der Waals surface area contributed by atoms with Gasteiger partial charge in [0.15, 0.2) is 11.5 Å². The van der Waals surface area contributed by atoms with Gasteiger partial charge in [-0.05, 0) is 42.7 Å². The summed E-state index contributed by atoms with van der Waals surface area (Å²) in [7, 11) is 1.49. The summed E-state index contributed by atoms with van der Waals surface area (Å²) in [4.78, 5) is 28.2. The number of aliphatic carboxylic acids is 1. The standard InChI is InChI=1S/C22H28N2O5/c1-3-4-5-14-29-21-18(15-20(25)26)17(6-7-19(21)28-2)22(27)24-13-10-16-8-11-23-12-9-16/h6-9,11-12H,3-5,10,13-15H2,1-2H3,(H,24,27)(H,25,26). The number of carboxylic acids is 1. The molecule has 0 atom stereocenters. The number of methoxy groups -OCH3 is 1. The maximum atomic E-state index is 12.8. The topological polar surface area (TPSA) is 97.8 Å². The Balaban J connectivity index is 2.19. The average molecular weight is 400 g/mol. The maximum absolute atomic E-state index is 12.8. The molecule has 29 heavy (non-hydrogen) atoms. The molecule has 0 bridgehead atoms. The molecule has 2 rings (SSSR count). The molecular formula is C22H28N2O5. The van der Waals surface area contributed by atoms with E-state index >= 15 is 0 Å². The van der Waals surface area contributed by atoms with Crippen LogP contribution < -0.4 is 14.8 Å². The molecule has 0 aliphatic rings. The van der Waals surface area contributed by atoms with Crippen molar-refractivity contribution in [1.82, 2.24) is 10.3 Å². The third-order valence-corrected chi connectivity index (χ3v) is 4.46. The molecule has 156 valence electrons. The molecule has 0 saturated heterocycles. The third kappa shape index (κ3) is 6.78. The van der Waals surface area contributed by atoms with Crippen LogP contribution in [-0.2, 0) is 17.6 Å². The van der Waals surface area contributed by atoms with Gasteiger partial charge in [-0.25, -0.2) is 0 Å². The quantitative estimate of drug-likeness (QED) is 0.531. The Hall–Kier alpha value is -3.09. The van der Waals surface area contributed by atoms with Crippen molar-refractivity contribution in [1.29, 1.82) is 0 Å². The molecule has 7 heteroatoms. The van der Waals surface area contributed by atoms with E-state index in [4.69, 9.17) is 9.47 Å². The minimum absolute atomic E-state index is 0.286. The summed E-state index contributed by atoms with van der Waals surface area (Å²) in [5.74, 6) is -0.627. The number of hydrogen-bond donors (Lipinski definition) is 2. The summed E-state index contributed by atoms with van der Waals surface area (Å²) in [6.07, 6.45) is 6.62. The van der Waals surface area contributed by atoms with Crippen LogP contribution in [0.1, 0.15) is 47.7 Å². The lowest BCUT2D eigenvalue weighted by atomic mass is 10.0. The van der Waals surface area contributed by atoms with Crippen LogP contribution in [0.5, 0.6) is 11.5 Å². The first-order chi connectivity index (χ1) is 14.1. The van der Waals surface area contributed by atoms with E-state index < -0.39 is 5.97 Å². The van der Waals surface area contributed by atoms with E-state index in [1.165, 1.54) is 7.11 Å². The fraction of sp³-hybridized carbons (Fsp3) is 0.409. The number of nitrogens with zero attached hydrogens (tertiary/aromatic N) is 1. The van der Waals surface area contributed by atoms with Crippen LogP contribution >= 0.6 is 0 Å². The van der Waals surface area contributed by atoms with E-state index in [1.807, 2.05) is 12.1 Å². The normalized spacial score (nSPS) is 10.4. The van der Waals surface area contributed by atoms with Gasteiger partial charge in [-0.15, -0.1) is 0 Å². The summed E-state index contributed by atoms with van der Waals surface area (Å²) in [6.45, 7) is 2.95. The number of benzene rings is 1. The molecule has 0 radical (unpaired) electrons. The van der Waals surface area contributed by atoms with Gasteiger partial charge in [0.1, 0.15) is 0 Å². The number of rotatable bonds is 12. The molecule has 2 N–H and O–H groups in total. The van der Waals surface area contributed by atoms with Crippen molar-refractivity contribution in [3.8, 4) is 11.5 Å². The van der Waals surface area contributed by atoms with Gasteiger partial charge in [-0.1, -0.05) is 19.8 Å². The lowest BCUT2D eigenvalue weighted by Crippen LogP contribution is -2.27. The van der Waals surface area contributed by atoms with Crippen molar-refractivity contribution in [2.24, 2.45) is 0 Å². The lowest BCUT2D eigenvalue weighted by molar-refractivity contribution is -0.136. The number of amides is 1. The summed E-state index contributed by atoms with van der Waals surface area (Å²) in [5.41, 5.74) is 1.67. The third-order valence-electron chi connectivity index (χ3n) is 4.46. The zero-order valence-corrected chi connectivity index (χ0v) is 16.9. The predicted octanol–water partition coefficient (Wildman–Crippen LogP) is 3.26. The van der Waals surface area contributed by atoms with Crippen LogP contribution in [0.25, 0.3) is 0 Å². The van der Waals surface area contributed by atoms with Gasteiger partial charge in [-0.2, -0.15) is 0 Å². The van der Waals surface area contributed by atoms with Gasteiger partial charge in [0.25, 0.3) is 5.91 Å². The molecule has 2 aromatic rings. The van der Waals surface area contributed by atoms with Crippen LogP contribution in [0.4, 0.5) is 0 Å². The Kier molecular flexibility index (Phi) is 8.95. The number of ether oxygens (including phenoxy) is 2. The zero-order chi connectivity index (χ0) is 21.1. The van der Waals surface area contributed by atoms with E-state index in [2.05, 4.69) is 17.2 Å². The van der Waals surface area contributed by atoms with E-state index in [1.54, 1.807) is 24.5 Å². The van der Waals surface area contributed by atoms with Crippen LogP contribution in [0.3, 0.4) is 0 Å². The van der Waals surface area contributed by atoms with E-state index in [0.717, 1.165) is 24.8 Å². The molecule has 0 saturated carbocycles. The number of carboxylic acid groups (broad SMARTS) is 1. The molecule has 1 amide bonds. The van der Waals surface area contributed by atoms with Crippen molar-refractivity contribution < 1.29 is 24.2 Å². The predicted molar refractivity (Wildman–Crippen MR) is 110 cm³/mol. The van der Waals surface area contributed by atoms with Crippen LogP contribution in [-0.4, -0.2) is 42.2 Å². The Labute approximate surface area is 171 Å². The molecule has 1 aromatic heterocycles. The van der Waals surface area contributed by atoms with E-state index in [-0.39, 0.29) is 17.9 Å². The minimum Gasteiger partial charge on any atom is -0.493 e. The minimum atomic E-state index is -1.04. The van der Waals surface area contributed by atoms with Gasteiger partial charge in [0.2, 0.25) is 0 Å². The van der Waals surface area contributed by atoms with Gasteiger partial charge in [-0.3, -0.25) is 14.6 Å². The molecule has 0 spiro atoms. The highest BCUT2D eigenvalue weighted by Gasteiger charge is 2.22. The van der Waals surface area contributed by atoms with Crippen molar-refractivity contribution >= 4 is 11.9 Å². The molecule has 0 fully saturated rings. The Morgan fingerprint density at radius 2 is 1.90 bits per heavy atom. The average Bonchev–Trinajstić information content (AvgIpc) is 2.72. The first-order valence-corrected chi connectivity index (χ1v) is 9.78. The van der Waals surface area contributed by atoms with E-state index in [0.29, 0.717) is 36.6 Å². The van der Waals surface area contributed by atoms with Gasteiger partial charge in [0, 0.05) is 30.1 Å². The highest BCUT2D eigenvalue weighted by molar-refractivity contribution is 5.98. The molecule has 0 unspecified atom stereocenters. The lowest BCUT2D eigenvalue weighted by Gasteiger charge is -2.17. The van der Waals surface area contributed by atoms with Gasteiger partial charge < -0.3 is 19.9 Å². The van der Waals surface area contributed by atoms with Crippen molar-refractivity contribution in [2.75, 3.05) is 20.3 Å². The number of nitrogens with one attached hydrogen (secondary N) is 1. The fourth-order valence-electron chi connectivity index (χ4n) is 2.96. The maximum Gasteiger partial charge on any atom is 0.307 e. The van der Waals surface area contributed by atoms with E-state index in [9.17, 15) is 14.7 Å². The number of aromatic nitrogens is 1. The summed E-state index contributed by atoms with van der Waals surface area (Å²) < 4.78 is 11.2. The monoisotopic (exact) mass is 400 g/mol. The van der Waals surface area contributed by atoms with Crippen molar-refractivity contribution in [3.63, 3.8) is 0 Å². The molecule has 1 heterocycles. The molecule has 0 aliphatic heterocycles. The second-order valence-corrected chi connectivity index (χ2v) is 6.61. The number of pyridine rings is 1. The van der Waals surface area contributed by atoms with Crippen molar-refractivity contribution in [3.05, 3.63) is 53.3 Å². The molecule has 1 aromatic carbocycles. The molecule has 7 nitrogen and oxygen atoms in total. The Morgan fingerprint density at radius 1 is 1.14 bits per heavy atom. The SMILES string of the molecule is CCCCCOc1c(OC)ccc(C(=O)NCCc2ccncc2)c1CC(=O)O. The van der Waals surface area contributed by atoms with Crippen molar-refractivity contribution in [2.45, 2.75) is 39.0 Å². The highest BCUT2D eigenvalue weighted by atomic mass is 16.5. The summed E-state index contributed by atoms with van der Waals surface area (Å²) in [5, 5.41) is 12.2. The second kappa shape index (κ2) is 11.7. The molecular weight excluding hydrogens is 372 g/mol. The van der Waals surface area contributed by atoms with Crippen LogP contribution in [0.15, 0.2) is 36.7 Å². The first kappa shape index (κ1) is 22.2. The smallest absolute Gasteiger partial charge is 0.307 e. The molecule has 0 aliphatic carbocycles. The Bertz CT molecular complexity index is 808. The van der Waals surface area contributed by atoms with Gasteiger partial charge in [0.05, 0.1) is 20.1 Å². The fourth-order valence-corrected chi connectivity index (χ4v) is 2.96. The van der Waals surface area contributed by atoms with Crippen LogP contribution in [0, 0.1) is 0 Å². The number of carbonyl (C=O) groups excluding carboxylic acids is 1. The first-order valence-electron chi connectivity index (χ1n) is 9.78. The highest BCUT2D eigenvalue weighted by Crippen LogP contribution is 2.34. The number of unbranched alkanes of at least 4 members (excludes halogenated alkanes) is 2. The van der Waals surface area contributed by atoms with Crippen LogP contribution in [0.2, 0.25) is 0 Å². The largest absolute Gasteiger partial charge is 0.493 e. The zero-order valence-electron chi connectivity index (χ0n) is 16.9. The van der Waals surface area contributed by atoms with Gasteiger partial charge >= 0.3 is 5.97 Å². The second-order valence-electron chi connectivity index (χ2n) is 6.61. The summed E-state index contributed by atoms with van der Waals surface area (Å²) in [6, 6.07) is 6.99. The number of hydrogen-bond acceptors (Lipinski definition) is 5. The number of carbonyl (C=O) groups is 2. The Morgan fingerprint density at radius 3 is 2.55 bits per heavy atom. The summed E-state index contributed by atoms with van der Waals surface area (Å²) >= 11 is 0.